The molecule has 0 amide bonds. The van der Waals surface area contributed by atoms with Crippen molar-refractivity contribution in [3.63, 3.8) is 0 Å². The summed E-state index contributed by atoms with van der Waals surface area (Å²) in [5.41, 5.74) is 4.16. The van der Waals surface area contributed by atoms with Crippen molar-refractivity contribution < 1.29 is 19.0 Å². The number of para-hydroxylation sites is 1. The Morgan fingerprint density at radius 1 is 1.03 bits per heavy atom. The lowest BCUT2D eigenvalue weighted by molar-refractivity contribution is 0.0432. The number of hydrogen-bond acceptors (Lipinski definition) is 4. The summed E-state index contributed by atoms with van der Waals surface area (Å²) >= 11 is 0. The molecule has 4 aromatic rings. The van der Waals surface area contributed by atoms with E-state index in [-0.39, 0.29) is 12.7 Å². The number of aryl methyl sites for hydroxylation is 1. The molecule has 31 heavy (non-hydrogen) atoms. The molecule has 1 unspecified atom stereocenters. The second-order valence-corrected chi connectivity index (χ2v) is 7.53. The van der Waals surface area contributed by atoms with Crippen LogP contribution in [0.5, 0.6) is 5.75 Å². The molecule has 1 N–H and O–H groups in total. The third-order valence-corrected chi connectivity index (χ3v) is 5.47. The van der Waals surface area contributed by atoms with Gasteiger partial charge in [0.1, 0.15) is 17.9 Å². The Bertz CT molecular complexity index is 1070. The molecule has 1 atom stereocenters. The lowest BCUT2D eigenvalue weighted by atomic mass is 10.1. The summed E-state index contributed by atoms with van der Waals surface area (Å²) in [6, 6.07) is 22.3. The molecule has 162 valence electrons. The minimum Gasteiger partial charge on any atom is -0.492 e. The summed E-state index contributed by atoms with van der Waals surface area (Å²) in [6.07, 6.45) is 0.504. The summed E-state index contributed by atoms with van der Waals surface area (Å²) in [6.45, 7) is 6.05. The zero-order chi connectivity index (χ0) is 21.6. The lowest BCUT2D eigenvalue weighted by Crippen LogP contribution is -2.10. The predicted octanol–water partition coefficient (Wildman–Crippen LogP) is 5.75. The van der Waals surface area contributed by atoms with Gasteiger partial charge in [-0.15, -0.1) is 0 Å². The molecule has 0 aliphatic heterocycles. The molecule has 5 nitrogen and oxygen atoms in total. The van der Waals surface area contributed by atoms with E-state index < -0.39 is 0 Å². The number of aliphatic hydroxyl groups excluding tert-OH is 1. The molecule has 2 aromatic carbocycles. The van der Waals surface area contributed by atoms with Crippen molar-refractivity contribution in [3.05, 3.63) is 78.0 Å². The maximum atomic E-state index is 9.24. The van der Waals surface area contributed by atoms with Gasteiger partial charge in [-0.05, 0) is 55.8 Å². The summed E-state index contributed by atoms with van der Waals surface area (Å²) in [7, 11) is 0. The van der Waals surface area contributed by atoms with Crippen LogP contribution in [-0.2, 0) is 11.3 Å². The number of rotatable bonds is 10. The number of aromatic nitrogens is 1. The third-order valence-electron chi connectivity index (χ3n) is 5.47. The van der Waals surface area contributed by atoms with E-state index in [0.717, 1.165) is 46.0 Å². The topological polar surface area (TPSA) is 56.8 Å². The first-order valence-electron chi connectivity index (χ1n) is 10.8. The van der Waals surface area contributed by atoms with Crippen LogP contribution >= 0.6 is 0 Å². The van der Waals surface area contributed by atoms with Crippen LogP contribution in [0.15, 0.2) is 71.1 Å². The molecule has 0 fully saturated rings. The van der Waals surface area contributed by atoms with Crippen molar-refractivity contribution in [2.75, 3.05) is 19.8 Å². The van der Waals surface area contributed by atoms with Crippen molar-refractivity contribution in [2.45, 2.75) is 32.9 Å². The highest BCUT2D eigenvalue weighted by molar-refractivity contribution is 5.82. The quantitative estimate of drug-likeness (QED) is 0.356. The molecule has 0 radical (unpaired) electrons. The highest BCUT2D eigenvalue weighted by atomic mass is 16.5. The fourth-order valence-electron chi connectivity index (χ4n) is 3.89. The number of hydrogen-bond donors (Lipinski definition) is 1. The van der Waals surface area contributed by atoms with Gasteiger partial charge in [0.2, 0.25) is 0 Å². The van der Waals surface area contributed by atoms with Crippen LogP contribution < -0.4 is 4.74 Å². The van der Waals surface area contributed by atoms with Crippen molar-refractivity contribution in [1.82, 2.24) is 4.57 Å². The van der Waals surface area contributed by atoms with Gasteiger partial charge >= 0.3 is 0 Å². The van der Waals surface area contributed by atoms with Crippen LogP contribution in [0.4, 0.5) is 0 Å². The number of ether oxygens (including phenoxy) is 2. The molecule has 0 bridgehead atoms. The highest BCUT2D eigenvalue weighted by Gasteiger charge is 2.13. The summed E-state index contributed by atoms with van der Waals surface area (Å²) in [5.74, 6) is 1.68. The van der Waals surface area contributed by atoms with Crippen LogP contribution in [0.1, 0.15) is 30.7 Å². The molecule has 0 aliphatic carbocycles. The minimum atomic E-state index is -0.0852. The maximum absolute atomic E-state index is 9.24. The van der Waals surface area contributed by atoms with E-state index in [1.165, 1.54) is 0 Å². The lowest BCUT2D eigenvalue weighted by Gasteiger charge is -2.17. The molecule has 0 saturated carbocycles. The van der Waals surface area contributed by atoms with E-state index in [1.54, 1.807) is 0 Å². The molecule has 0 spiro atoms. The van der Waals surface area contributed by atoms with E-state index >= 15 is 0 Å². The maximum Gasteiger partial charge on any atom is 0.151 e. The Labute approximate surface area is 182 Å². The first-order chi connectivity index (χ1) is 15.2. The second kappa shape index (κ2) is 9.86. The largest absolute Gasteiger partial charge is 0.492 e. The molecular formula is C26H29NO4. The van der Waals surface area contributed by atoms with E-state index in [2.05, 4.69) is 35.8 Å². The van der Waals surface area contributed by atoms with E-state index in [0.29, 0.717) is 19.6 Å². The first-order valence-corrected chi connectivity index (χ1v) is 10.8. The molecule has 0 saturated heterocycles. The van der Waals surface area contributed by atoms with Gasteiger partial charge in [0.25, 0.3) is 0 Å². The average Bonchev–Trinajstić information content (AvgIpc) is 3.37. The molecule has 4 rings (SSSR count). The summed E-state index contributed by atoms with van der Waals surface area (Å²) < 4.78 is 20.0. The van der Waals surface area contributed by atoms with Gasteiger partial charge < -0.3 is 23.6 Å². The van der Waals surface area contributed by atoms with Crippen molar-refractivity contribution >= 4 is 11.0 Å². The van der Waals surface area contributed by atoms with Gasteiger partial charge in [0.15, 0.2) is 5.76 Å². The van der Waals surface area contributed by atoms with Crippen LogP contribution in [0, 0.1) is 6.92 Å². The van der Waals surface area contributed by atoms with Gasteiger partial charge in [-0.1, -0.05) is 30.3 Å². The predicted molar refractivity (Wildman–Crippen MR) is 122 cm³/mol. The SMILES string of the molecule is CCOC(CCO)c1ccc(OCCn2c(C)ccc2-c2cc3ccccc3o2)cc1. The minimum absolute atomic E-state index is 0.0852. The number of aliphatic hydroxyl groups is 1. The highest BCUT2D eigenvalue weighted by Crippen LogP contribution is 2.29. The number of fused-ring (bicyclic) bond motifs is 1. The molecule has 0 aliphatic rings. The van der Waals surface area contributed by atoms with Gasteiger partial charge in [-0.3, -0.25) is 0 Å². The number of benzene rings is 2. The van der Waals surface area contributed by atoms with Gasteiger partial charge in [-0.2, -0.15) is 0 Å². The Morgan fingerprint density at radius 3 is 2.58 bits per heavy atom. The Kier molecular flexibility index (Phi) is 6.75. The van der Waals surface area contributed by atoms with Crippen molar-refractivity contribution in [2.24, 2.45) is 0 Å². The molecule has 2 heterocycles. The van der Waals surface area contributed by atoms with Crippen LogP contribution in [0.25, 0.3) is 22.4 Å². The Morgan fingerprint density at radius 2 is 1.84 bits per heavy atom. The fourth-order valence-corrected chi connectivity index (χ4v) is 3.89. The zero-order valence-electron chi connectivity index (χ0n) is 18.1. The van der Waals surface area contributed by atoms with E-state index in [4.69, 9.17) is 13.9 Å². The van der Waals surface area contributed by atoms with E-state index in [9.17, 15) is 5.11 Å². The van der Waals surface area contributed by atoms with Crippen LogP contribution in [0.3, 0.4) is 0 Å². The zero-order valence-corrected chi connectivity index (χ0v) is 18.1. The molecule has 2 aromatic heterocycles. The normalized spacial score (nSPS) is 12.4. The fraction of sp³-hybridized carbons (Fsp3) is 0.308. The van der Waals surface area contributed by atoms with Gasteiger partial charge in [0, 0.05) is 30.7 Å². The van der Waals surface area contributed by atoms with Crippen molar-refractivity contribution in [1.29, 1.82) is 0 Å². The molecule has 5 heteroatoms. The molecular weight excluding hydrogens is 390 g/mol. The Hall–Kier alpha value is -3.02. The van der Waals surface area contributed by atoms with Crippen LogP contribution in [-0.4, -0.2) is 29.5 Å². The summed E-state index contributed by atoms with van der Waals surface area (Å²) in [4.78, 5) is 0. The Balaban J connectivity index is 1.42. The third kappa shape index (κ3) is 4.84. The first kappa shape index (κ1) is 21.2. The van der Waals surface area contributed by atoms with Crippen LogP contribution in [0.2, 0.25) is 0 Å². The van der Waals surface area contributed by atoms with Gasteiger partial charge in [-0.25, -0.2) is 0 Å². The monoisotopic (exact) mass is 419 g/mol. The standard InChI is InChI=1S/C26H29NO4/c1-3-29-24(14-16-28)20-9-11-22(12-10-20)30-17-15-27-19(2)8-13-23(27)26-18-21-6-4-5-7-25(21)31-26/h4-13,18,24,28H,3,14-17H2,1-2H3. The van der Waals surface area contributed by atoms with Gasteiger partial charge in [0.05, 0.1) is 18.3 Å². The summed E-state index contributed by atoms with van der Waals surface area (Å²) in [5, 5.41) is 10.3. The average molecular weight is 420 g/mol. The second-order valence-electron chi connectivity index (χ2n) is 7.53. The van der Waals surface area contributed by atoms with E-state index in [1.807, 2.05) is 49.4 Å². The smallest absolute Gasteiger partial charge is 0.151 e. The number of furan rings is 1. The number of nitrogens with zero attached hydrogens (tertiary/aromatic N) is 1. The van der Waals surface area contributed by atoms with Crippen molar-refractivity contribution in [3.8, 4) is 17.2 Å².